The van der Waals surface area contributed by atoms with E-state index in [1.807, 2.05) is 24.3 Å². The summed E-state index contributed by atoms with van der Waals surface area (Å²) in [7, 11) is 1.61. The van der Waals surface area contributed by atoms with Gasteiger partial charge in [0.05, 0.1) is 7.11 Å². The van der Waals surface area contributed by atoms with Gasteiger partial charge in [-0.3, -0.25) is 0 Å². The first-order valence-electron chi connectivity index (χ1n) is 6.41. The third kappa shape index (κ3) is 3.27. The molecule has 2 aromatic carbocycles. The summed E-state index contributed by atoms with van der Waals surface area (Å²) in [6.45, 7) is 2.02. The van der Waals surface area contributed by atoms with E-state index in [1.165, 1.54) is 6.07 Å². The predicted molar refractivity (Wildman–Crippen MR) is 76.6 cm³/mol. The van der Waals surface area contributed by atoms with Gasteiger partial charge < -0.3 is 15.2 Å². The van der Waals surface area contributed by atoms with Crippen molar-refractivity contribution in [1.29, 1.82) is 0 Å². The Morgan fingerprint density at radius 2 is 1.75 bits per heavy atom. The minimum absolute atomic E-state index is 0.284. The second-order valence-electron chi connectivity index (χ2n) is 4.53. The van der Waals surface area contributed by atoms with Gasteiger partial charge in [-0.05, 0) is 36.2 Å². The molecule has 4 heteroatoms. The van der Waals surface area contributed by atoms with Crippen molar-refractivity contribution in [2.24, 2.45) is 5.73 Å². The van der Waals surface area contributed by atoms with E-state index >= 15 is 0 Å². The molecule has 1 unspecified atom stereocenters. The monoisotopic (exact) mass is 275 g/mol. The molecule has 2 N–H and O–H groups in total. The van der Waals surface area contributed by atoms with Crippen LogP contribution in [0.25, 0.3) is 0 Å². The van der Waals surface area contributed by atoms with Crippen molar-refractivity contribution in [2.75, 3.05) is 13.7 Å². The van der Waals surface area contributed by atoms with Crippen LogP contribution >= 0.6 is 0 Å². The van der Waals surface area contributed by atoms with Gasteiger partial charge in [0.1, 0.15) is 23.4 Å². The van der Waals surface area contributed by atoms with E-state index in [1.54, 1.807) is 26.2 Å². The number of methoxy groups -OCH3 is 1. The number of aryl methyl sites for hydroxylation is 1. The summed E-state index contributed by atoms with van der Waals surface area (Å²) >= 11 is 0. The summed E-state index contributed by atoms with van der Waals surface area (Å²) in [5.74, 6) is 0.957. The molecule has 1 atom stereocenters. The molecule has 2 aromatic rings. The van der Waals surface area contributed by atoms with Crippen LogP contribution < -0.4 is 15.2 Å². The topological polar surface area (TPSA) is 44.5 Å². The van der Waals surface area contributed by atoms with Crippen LogP contribution in [0.2, 0.25) is 0 Å². The van der Waals surface area contributed by atoms with Crippen molar-refractivity contribution in [3.8, 4) is 11.5 Å². The molecule has 0 heterocycles. The SMILES string of the molecule is COc1ccc(C(CN)Oc2ccc(C)c(F)c2)cc1. The molecular weight excluding hydrogens is 257 g/mol. The molecule has 0 aromatic heterocycles. The molecule has 0 aliphatic heterocycles. The van der Waals surface area contributed by atoms with Crippen LogP contribution in [0.15, 0.2) is 42.5 Å². The summed E-state index contributed by atoms with van der Waals surface area (Å²) in [5, 5.41) is 0. The van der Waals surface area contributed by atoms with Gasteiger partial charge in [-0.1, -0.05) is 18.2 Å². The Balaban J connectivity index is 2.16. The molecule has 0 radical (unpaired) electrons. The molecule has 0 amide bonds. The zero-order valence-electron chi connectivity index (χ0n) is 11.6. The van der Waals surface area contributed by atoms with Crippen molar-refractivity contribution in [3.63, 3.8) is 0 Å². The zero-order chi connectivity index (χ0) is 14.5. The number of hydrogen-bond acceptors (Lipinski definition) is 3. The molecule has 0 bridgehead atoms. The first-order chi connectivity index (χ1) is 9.63. The Labute approximate surface area is 118 Å². The van der Waals surface area contributed by atoms with Crippen LogP contribution in [-0.4, -0.2) is 13.7 Å². The highest BCUT2D eigenvalue weighted by atomic mass is 19.1. The Bertz CT molecular complexity index is 569. The summed E-state index contributed by atoms with van der Waals surface area (Å²) in [4.78, 5) is 0. The third-order valence-corrected chi connectivity index (χ3v) is 3.12. The molecule has 0 saturated heterocycles. The van der Waals surface area contributed by atoms with E-state index in [-0.39, 0.29) is 11.9 Å². The van der Waals surface area contributed by atoms with E-state index < -0.39 is 0 Å². The molecule has 0 spiro atoms. The molecule has 0 aliphatic rings. The van der Waals surface area contributed by atoms with Gasteiger partial charge in [0.15, 0.2) is 0 Å². The Hall–Kier alpha value is -2.07. The van der Waals surface area contributed by atoms with Gasteiger partial charge in [0, 0.05) is 12.6 Å². The molecule has 0 saturated carbocycles. The summed E-state index contributed by atoms with van der Waals surface area (Å²) < 4.78 is 24.4. The average molecular weight is 275 g/mol. The van der Waals surface area contributed by atoms with E-state index in [0.29, 0.717) is 17.9 Å². The summed E-state index contributed by atoms with van der Waals surface area (Å²) in [6.07, 6.45) is -0.317. The number of hydrogen-bond donors (Lipinski definition) is 1. The smallest absolute Gasteiger partial charge is 0.136 e. The predicted octanol–water partition coefficient (Wildman–Crippen LogP) is 3.22. The standard InChI is InChI=1S/C16H18FNO2/c1-11-3-6-14(9-15(11)17)20-16(10-18)12-4-7-13(19-2)8-5-12/h3-9,16H,10,18H2,1-2H3. The van der Waals surface area contributed by atoms with Crippen LogP contribution in [0.1, 0.15) is 17.2 Å². The van der Waals surface area contributed by atoms with Crippen molar-refractivity contribution < 1.29 is 13.9 Å². The molecule has 20 heavy (non-hydrogen) atoms. The van der Waals surface area contributed by atoms with Crippen LogP contribution in [0.3, 0.4) is 0 Å². The lowest BCUT2D eigenvalue weighted by molar-refractivity contribution is 0.213. The number of nitrogens with two attached hydrogens (primary N) is 1. The van der Waals surface area contributed by atoms with E-state index in [4.69, 9.17) is 15.2 Å². The number of rotatable bonds is 5. The average Bonchev–Trinajstić information content (AvgIpc) is 2.48. The van der Waals surface area contributed by atoms with Gasteiger partial charge in [-0.2, -0.15) is 0 Å². The lowest BCUT2D eigenvalue weighted by Gasteiger charge is -2.18. The van der Waals surface area contributed by atoms with Gasteiger partial charge in [0.2, 0.25) is 0 Å². The maximum Gasteiger partial charge on any atom is 0.136 e. The fraction of sp³-hybridized carbons (Fsp3) is 0.250. The maximum absolute atomic E-state index is 13.5. The fourth-order valence-electron chi connectivity index (χ4n) is 1.88. The molecule has 2 rings (SSSR count). The van der Waals surface area contributed by atoms with E-state index in [2.05, 4.69) is 0 Å². The Morgan fingerprint density at radius 3 is 2.30 bits per heavy atom. The van der Waals surface area contributed by atoms with Crippen LogP contribution in [0.4, 0.5) is 4.39 Å². The zero-order valence-corrected chi connectivity index (χ0v) is 11.6. The first kappa shape index (κ1) is 14.3. The highest BCUT2D eigenvalue weighted by molar-refractivity contribution is 5.31. The van der Waals surface area contributed by atoms with E-state index in [9.17, 15) is 4.39 Å². The largest absolute Gasteiger partial charge is 0.497 e. The molecular formula is C16H18FNO2. The van der Waals surface area contributed by atoms with Crippen molar-refractivity contribution >= 4 is 0 Å². The highest BCUT2D eigenvalue weighted by Crippen LogP contribution is 2.24. The second-order valence-corrected chi connectivity index (χ2v) is 4.53. The van der Waals surface area contributed by atoms with Crippen LogP contribution in [-0.2, 0) is 0 Å². The number of ether oxygens (including phenoxy) is 2. The summed E-state index contributed by atoms with van der Waals surface area (Å²) in [6, 6.07) is 12.3. The van der Waals surface area contributed by atoms with Gasteiger partial charge in [0.25, 0.3) is 0 Å². The quantitative estimate of drug-likeness (QED) is 0.911. The van der Waals surface area contributed by atoms with Crippen molar-refractivity contribution in [3.05, 3.63) is 59.4 Å². The molecule has 0 fully saturated rings. The van der Waals surface area contributed by atoms with Crippen LogP contribution in [0.5, 0.6) is 11.5 Å². The third-order valence-electron chi connectivity index (χ3n) is 3.12. The lowest BCUT2D eigenvalue weighted by atomic mass is 10.1. The maximum atomic E-state index is 13.5. The Morgan fingerprint density at radius 1 is 1.10 bits per heavy atom. The van der Waals surface area contributed by atoms with Crippen molar-refractivity contribution in [1.82, 2.24) is 0 Å². The second kappa shape index (κ2) is 6.39. The minimum Gasteiger partial charge on any atom is -0.497 e. The molecule has 0 aliphatic carbocycles. The number of benzene rings is 2. The molecule has 106 valence electrons. The summed E-state index contributed by atoms with van der Waals surface area (Å²) in [5.41, 5.74) is 7.26. The molecule has 3 nitrogen and oxygen atoms in total. The van der Waals surface area contributed by atoms with Crippen LogP contribution in [0, 0.1) is 12.7 Å². The highest BCUT2D eigenvalue weighted by Gasteiger charge is 2.12. The number of halogens is 1. The minimum atomic E-state index is -0.317. The lowest BCUT2D eigenvalue weighted by Crippen LogP contribution is -2.18. The Kier molecular flexibility index (Phi) is 4.58. The fourth-order valence-corrected chi connectivity index (χ4v) is 1.88. The first-order valence-corrected chi connectivity index (χ1v) is 6.41. The van der Waals surface area contributed by atoms with Crippen molar-refractivity contribution in [2.45, 2.75) is 13.0 Å². The van der Waals surface area contributed by atoms with E-state index in [0.717, 1.165) is 11.3 Å². The van der Waals surface area contributed by atoms with Gasteiger partial charge in [-0.15, -0.1) is 0 Å². The normalized spacial score (nSPS) is 12.0. The van der Waals surface area contributed by atoms with Gasteiger partial charge >= 0.3 is 0 Å². The van der Waals surface area contributed by atoms with Gasteiger partial charge in [-0.25, -0.2) is 4.39 Å².